The van der Waals surface area contributed by atoms with Crippen LogP contribution in [0, 0.1) is 0 Å². The molecule has 0 aromatic rings. The molecule has 0 aliphatic heterocycles. The van der Waals surface area contributed by atoms with Crippen molar-refractivity contribution in [2.75, 3.05) is 26.4 Å². The second-order valence-electron chi connectivity index (χ2n) is 28.6. The molecule has 0 radical (unpaired) electrons. The molecule has 9 nitrogen and oxygen atoms in total. The standard InChI is InChI=1S/C91H162NO8P/c1-3-5-7-9-11-13-15-17-19-21-23-25-27-29-31-33-35-37-39-41-43-44-46-47-49-51-53-55-57-59-61-63-65-67-69-71-73-75-77-79-81-83-90(93)97-87-89(88-99-101(95,96)98-86-85-92)100-91(94)84-82-80-78-76-74-72-70-68-66-64-62-60-58-56-54-52-50-48-45-42-40-38-36-34-32-30-28-26-24-22-20-18-16-14-12-10-8-6-4-2/h5-8,11-14,17-20,23-26,30,32,36,38,89H,3-4,9-10,15-16,21-22,27-29,31,33-35,37,39-88,92H2,1-2H3,(H,95,96)/b7-5-,8-6-,13-11-,14-12-,19-17-,20-18-,25-23-,26-24-,32-30-,38-36-. The highest BCUT2D eigenvalue weighted by atomic mass is 31.2. The van der Waals surface area contributed by atoms with Crippen molar-refractivity contribution in [3.63, 3.8) is 0 Å². The Balaban J connectivity index is 3.74. The molecule has 0 saturated carbocycles. The number of phosphoric ester groups is 1. The SMILES string of the molecule is CC/C=C\C/C=C\C/C=C\C/C=C\C/C=C\C/C=C\CCCCCCCCCCCCCCCCCCCCCCC(=O)OC(COC(=O)CCCCCCCCCCCCCCCCCCCCCCCCCCCCCC/C=C\C/C=C\C/C=C\C/C=C\CC)COP(=O)(O)OCCN. The van der Waals surface area contributed by atoms with Crippen LogP contribution in [0.5, 0.6) is 0 Å². The third-order valence-corrected chi connectivity index (χ3v) is 19.8. The van der Waals surface area contributed by atoms with E-state index in [0.717, 1.165) is 96.3 Å². The molecule has 2 atom stereocenters. The molecule has 0 amide bonds. The van der Waals surface area contributed by atoms with Crippen molar-refractivity contribution in [2.45, 2.75) is 418 Å². The Hall–Kier alpha value is -3.59. The van der Waals surface area contributed by atoms with Crippen molar-refractivity contribution in [1.82, 2.24) is 0 Å². The van der Waals surface area contributed by atoms with Gasteiger partial charge in [0.15, 0.2) is 6.10 Å². The average molecular weight is 1430 g/mol. The van der Waals surface area contributed by atoms with Gasteiger partial charge in [0.2, 0.25) is 0 Å². The maximum atomic E-state index is 12.8. The van der Waals surface area contributed by atoms with Crippen molar-refractivity contribution in [3.05, 3.63) is 122 Å². The minimum atomic E-state index is -4.40. The molecule has 3 N–H and O–H groups in total. The van der Waals surface area contributed by atoms with E-state index in [2.05, 4.69) is 135 Å². The summed E-state index contributed by atoms with van der Waals surface area (Å²) in [5, 5.41) is 0. The molecule has 0 aromatic heterocycles. The van der Waals surface area contributed by atoms with Crippen LogP contribution in [0.4, 0.5) is 0 Å². The van der Waals surface area contributed by atoms with Crippen molar-refractivity contribution in [1.29, 1.82) is 0 Å². The highest BCUT2D eigenvalue weighted by molar-refractivity contribution is 7.47. The van der Waals surface area contributed by atoms with Crippen LogP contribution >= 0.6 is 7.82 Å². The second-order valence-corrected chi connectivity index (χ2v) is 30.1. The predicted molar refractivity (Wildman–Crippen MR) is 441 cm³/mol. The molecule has 0 aromatic carbocycles. The van der Waals surface area contributed by atoms with E-state index in [9.17, 15) is 19.0 Å². The first-order valence-electron chi connectivity index (χ1n) is 43.0. The van der Waals surface area contributed by atoms with Crippen molar-refractivity contribution in [3.8, 4) is 0 Å². The van der Waals surface area contributed by atoms with E-state index in [1.165, 1.54) is 283 Å². The summed E-state index contributed by atoms with van der Waals surface area (Å²) >= 11 is 0. The lowest BCUT2D eigenvalue weighted by atomic mass is 10.0. The normalized spacial score (nSPS) is 13.4. The van der Waals surface area contributed by atoms with E-state index < -0.39 is 26.5 Å². The summed E-state index contributed by atoms with van der Waals surface area (Å²) in [4.78, 5) is 35.5. The summed E-state index contributed by atoms with van der Waals surface area (Å²) in [7, 11) is -4.40. The van der Waals surface area contributed by atoms with Gasteiger partial charge in [0.05, 0.1) is 13.2 Å². The number of carbonyl (C=O) groups is 2. The zero-order valence-corrected chi connectivity index (χ0v) is 67.0. The lowest BCUT2D eigenvalue weighted by Gasteiger charge is -2.19. The molecule has 0 fully saturated rings. The van der Waals surface area contributed by atoms with Crippen molar-refractivity contribution in [2.24, 2.45) is 5.73 Å². The number of esters is 2. The number of phosphoric acid groups is 1. The van der Waals surface area contributed by atoms with Crippen molar-refractivity contribution >= 4 is 19.8 Å². The van der Waals surface area contributed by atoms with E-state index in [4.69, 9.17) is 24.3 Å². The highest BCUT2D eigenvalue weighted by Crippen LogP contribution is 2.43. The van der Waals surface area contributed by atoms with Crippen LogP contribution in [-0.4, -0.2) is 49.3 Å². The monoisotopic (exact) mass is 1430 g/mol. The van der Waals surface area contributed by atoms with Gasteiger partial charge in [0, 0.05) is 19.4 Å². The third-order valence-electron chi connectivity index (χ3n) is 18.8. The first-order valence-corrected chi connectivity index (χ1v) is 44.5. The molecule has 2 unspecified atom stereocenters. The van der Waals surface area contributed by atoms with Crippen LogP contribution in [-0.2, 0) is 32.7 Å². The largest absolute Gasteiger partial charge is 0.472 e. The number of allylic oxidation sites excluding steroid dienone is 20. The fourth-order valence-corrected chi connectivity index (χ4v) is 13.3. The number of rotatable bonds is 81. The van der Waals surface area contributed by atoms with Gasteiger partial charge in [0.25, 0.3) is 0 Å². The number of unbranched alkanes of at least 4 members (excludes halogenated alkanes) is 48. The van der Waals surface area contributed by atoms with Gasteiger partial charge in [0.1, 0.15) is 6.61 Å². The Morgan fingerprint density at radius 2 is 0.515 bits per heavy atom. The number of ether oxygens (including phenoxy) is 2. The Morgan fingerprint density at radius 1 is 0.297 bits per heavy atom. The zero-order valence-electron chi connectivity index (χ0n) is 66.1. The Bertz CT molecular complexity index is 2080. The van der Waals surface area contributed by atoms with Crippen LogP contribution in [0.25, 0.3) is 0 Å². The lowest BCUT2D eigenvalue weighted by molar-refractivity contribution is -0.161. The summed E-state index contributed by atoms with van der Waals surface area (Å²) in [5.74, 6) is -0.808. The topological polar surface area (TPSA) is 134 Å². The first-order chi connectivity index (χ1) is 49.8. The van der Waals surface area contributed by atoms with Gasteiger partial charge in [-0.05, 0) is 103 Å². The summed E-state index contributed by atoms with van der Waals surface area (Å²) in [6.45, 7) is 3.58. The summed E-state index contributed by atoms with van der Waals surface area (Å²) in [6.07, 6.45) is 121. The number of hydrogen-bond acceptors (Lipinski definition) is 8. The molecule has 0 heterocycles. The molecule has 0 bridgehead atoms. The van der Waals surface area contributed by atoms with Crippen LogP contribution in [0.2, 0.25) is 0 Å². The molecule has 101 heavy (non-hydrogen) atoms. The molecule has 0 aliphatic carbocycles. The Labute approximate surface area is 625 Å². The maximum absolute atomic E-state index is 12.8. The summed E-state index contributed by atoms with van der Waals surface area (Å²) in [5.41, 5.74) is 5.42. The quantitative estimate of drug-likeness (QED) is 0.0264. The Morgan fingerprint density at radius 3 is 0.762 bits per heavy atom. The van der Waals surface area contributed by atoms with Gasteiger partial charge < -0.3 is 20.1 Å². The van der Waals surface area contributed by atoms with E-state index in [0.29, 0.717) is 6.42 Å². The molecule has 0 saturated heterocycles. The number of nitrogens with two attached hydrogens (primary N) is 1. The predicted octanol–water partition coefficient (Wildman–Crippen LogP) is 29.3. The van der Waals surface area contributed by atoms with E-state index in [1.54, 1.807) is 0 Å². The third kappa shape index (κ3) is 85.2. The molecule has 584 valence electrons. The van der Waals surface area contributed by atoms with E-state index in [-0.39, 0.29) is 38.6 Å². The molecule has 0 spiro atoms. The number of hydrogen-bond donors (Lipinski definition) is 2. The fourth-order valence-electron chi connectivity index (χ4n) is 12.6. The van der Waals surface area contributed by atoms with Gasteiger partial charge >= 0.3 is 19.8 Å². The van der Waals surface area contributed by atoms with Crippen LogP contribution < -0.4 is 5.73 Å². The highest BCUT2D eigenvalue weighted by Gasteiger charge is 2.26. The first kappa shape index (κ1) is 97.4. The van der Waals surface area contributed by atoms with Crippen LogP contribution in [0.3, 0.4) is 0 Å². The minimum absolute atomic E-state index is 0.0532. The average Bonchev–Trinajstić information content (AvgIpc) is 1.01. The Kier molecular flexibility index (Phi) is 82.3. The van der Waals surface area contributed by atoms with Crippen molar-refractivity contribution < 1.29 is 37.6 Å². The number of carbonyl (C=O) groups excluding carboxylic acids is 2. The van der Waals surface area contributed by atoms with Gasteiger partial charge in [-0.1, -0.05) is 418 Å². The van der Waals surface area contributed by atoms with Gasteiger partial charge in [-0.15, -0.1) is 0 Å². The summed E-state index contributed by atoms with van der Waals surface area (Å²) in [6, 6.07) is 0. The molecular weight excluding hydrogens is 1270 g/mol. The van der Waals surface area contributed by atoms with Gasteiger partial charge in [-0.2, -0.15) is 0 Å². The molecule has 10 heteroatoms. The molecular formula is C91H162NO8P. The van der Waals surface area contributed by atoms with Gasteiger partial charge in [-0.25, -0.2) is 4.57 Å². The lowest BCUT2D eigenvalue weighted by Crippen LogP contribution is -2.29. The molecule has 0 rings (SSSR count). The van der Waals surface area contributed by atoms with Crippen LogP contribution in [0.15, 0.2) is 122 Å². The second kappa shape index (κ2) is 85.3. The zero-order chi connectivity index (χ0) is 72.9. The smallest absolute Gasteiger partial charge is 0.462 e. The van der Waals surface area contributed by atoms with Crippen LogP contribution in [0.1, 0.15) is 412 Å². The van der Waals surface area contributed by atoms with Gasteiger partial charge in [-0.3, -0.25) is 18.6 Å². The maximum Gasteiger partial charge on any atom is 0.472 e. The molecule has 0 aliphatic rings. The summed E-state index contributed by atoms with van der Waals surface area (Å²) < 4.78 is 33.3. The van der Waals surface area contributed by atoms with E-state index >= 15 is 0 Å². The van der Waals surface area contributed by atoms with E-state index in [1.807, 2.05) is 0 Å². The minimum Gasteiger partial charge on any atom is -0.462 e. The fraction of sp³-hybridized carbons (Fsp3) is 0.758.